The first-order valence-corrected chi connectivity index (χ1v) is 12.7. The number of hydrogen-bond acceptors (Lipinski definition) is 8. The van der Waals surface area contributed by atoms with Gasteiger partial charge in [-0.3, -0.25) is 9.59 Å². The Balaban J connectivity index is 1.87. The number of aromatic hydroxyl groups is 1. The number of allylic oxidation sites excluding steroid dienone is 4. The molecule has 3 aliphatic carbocycles. The van der Waals surface area contributed by atoms with Crippen molar-refractivity contribution < 1.29 is 38.4 Å². The zero-order chi connectivity index (χ0) is 26.7. The van der Waals surface area contributed by atoms with Gasteiger partial charge in [0.05, 0.1) is 20.1 Å². The number of rotatable bonds is 2. The van der Waals surface area contributed by atoms with E-state index >= 15 is 0 Å². The normalized spacial score (nSPS) is 29.2. The van der Waals surface area contributed by atoms with Crippen LogP contribution in [0.1, 0.15) is 61.4 Å². The minimum Gasteiger partial charge on any atom is -0.507 e. The van der Waals surface area contributed by atoms with Crippen LogP contribution in [0.15, 0.2) is 45.7 Å². The Kier molecular flexibility index (Phi) is 6.14. The predicted molar refractivity (Wildman–Crippen MR) is 133 cm³/mol. The van der Waals surface area contributed by atoms with Crippen molar-refractivity contribution in [1.82, 2.24) is 0 Å². The molecule has 37 heavy (non-hydrogen) atoms. The third kappa shape index (κ3) is 3.45. The summed E-state index contributed by atoms with van der Waals surface area (Å²) >= 11 is 6.65. The molecule has 1 N–H and O–H groups in total. The molecule has 0 bridgehead atoms. The molecule has 1 heterocycles. The molecule has 1 fully saturated rings. The molecule has 196 valence electrons. The summed E-state index contributed by atoms with van der Waals surface area (Å²) in [5.41, 5.74) is 1.20. The van der Waals surface area contributed by atoms with Gasteiger partial charge in [0.15, 0.2) is 5.41 Å². The lowest BCUT2D eigenvalue weighted by atomic mass is 9.55. The van der Waals surface area contributed by atoms with Gasteiger partial charge in [0.25, 0.3) is 5.78 Å². The number of phenols is 1. The average molecular weight is 529 g/mol. The number of carbonyl (C=O) groups excluding carboxylic acids is 3. The maximum absolute atomic E-state index is 14.1. The fraction of sp³-hybridized carbons (Fsp3) is 0.464. The molecule has 0 saturated heterocycles. The van der Waals surface area contributed by atoms with E-state index in [1.165, 1.54) is 26.4 Å². The topological polar surface area (TPSA) is 108 Å². The number of ketones is 1. The van der Waals surface area contributed by atoms with E-state index < -0.39 is 34.8 Å². The van der Waals surface area contributed by atoms with E-state index in [0.29, 0.717) is 5.56 Å². The number of fused-ring (bicyclic) bond motifs is 3. The van der Waals surface area contributed by atoms with Crippen molar-refractivity contribution in [2.45, 2.75) is 58.2 Å². The fourth-order valence-electron chi connectivity index (χ4n) is 6.40. The predicted octanol–water partition coefficient (Wildman–Crippen LogP) is 5.01. The zero-order valence-electron chi connectivity index (χ0n) is 21.2. The second kappa shape index (κ2) is 8.94. The highest BCUT2D eigenvalue weighted by Gasteiger charge is 2.77. The van der Waals surface area contributed by atoms with Crippen molar-refractivity contribution in [3.8, 4) is 11.5 Å². The second-order valence-corrected chi connectivity index (χ2v) is 10.5. The molecule has 4 aliphatic rings. The SMILES string of the molecule is COC(=O)[C@@]12CC(C)=CC(=C3CCCCC3)[C@@H]1C(OC)=C(Cl)C(=O)[C@]21OC(=O)c2c(O)cc(C)cc2O1. The third-order valence-corrected chi connectivity index (χ3v) is 8.24. The molecule has 0 radical (unpaired) electrons. The molecule has 0 aromatic heterocycles. The van der Waals surface area contributed by atoms with Gasteiger partial charge in [-0.1, -0.05) is 35.2 Å². The quantitative estimate of drug-likeness (QED) is 0.533. The number of Topliss-reactive ketones (excluding diaryl/α,β-unsaturated/α-hetero) is 1. The molecule has 1 aromatic carbocycles. The molecule has 9 heteroatoms. The van der Waals surface area contributed by atoms with Crippen molar-refractivity contribution in [2.75, 3.05) is 14.2 Å². The monoisotopic (exact) mass is 528 g/mol. The van der Waals surface area contributed by atoms with Crippen molar-refractivity contribution >= 4 is 29.3 Å². The van der Waals surface area contributed by atoms with Crippen LogP contribution >= 0.6 is 11.6 Å². The lowest BCUT2D eigenvalue weighted by molar-refractivity contribution is -0.240. The minimum atomic E-state index is -2.48. The maximum Gasteiger partial charge on any atom is 0.349 e. The Morgan fingerprint density at radius 1 is 1.11 bits per heavy atom. The summed E-state index contributed by atoms with van der Waals surface area (Å²) in [7, 11) is 2.61. The van der Waals surface area contributed by atoms with Gasteiger partial charge in [-0.2, -0.15) is 0 Å². The van der Waals surface area contributed by atoms with E-state index in [-0.39, 0.29) is 34.3 Å². The molecule has 1 aliphatic heterocycles. The van der Waals surface area contributed by atoms with Gasteiger partial charge in [-0.15, -0.1) is 0 Å². The summed E-state index contributed by atoms with van der Waals surface area (Å²) in [5, 5.41) is 10.2. The zero-order valence-corrected chi connectivity index (χ0v) is 22.0. The van der Waals surface area contributed by atoms with Crippen molar-refractivity contribution in [1.29, 1.82) is 0 Å². The summed E-state index contributed by atoms with van der Waals surface area (Å²) in [6.45, 7) is 3.55. The average Bonchev–Trinajstić information content (AvgIpc) is 2.87. The number of ether oxygens (including phenoxy) is 4. The first-order valence-electron chi connectivity index (χ1n) is 12.3. The second-order valence-electron chi connectivity index (χ2n) is 10.2. The fourth-order valence-corrected chi connectivity index (χ4v) is 6.71. The number of halogens is 1. The number of hydrogen-bond donors (Lipinski definition) is 1. The lowest BCUT2D eigenvalue weighted by Crippen LogP contribution is -2.71. The number of aryl methyl sites for hydroxylation is 1. The first-order chi connectivity index (χ1) is 17.6. The van der Waals surface area contributed by atoms with Crippen LogP contribution in [0.5, 0.6) is 11.5 Å². The van der Waals surface area contributed by atoms with Crippen LogP contribution in [0.2, 0.25) is 0 Å². The van der Waals surface area contributed by atoms with Crippen LogP contribution in [0.3, 0.4) is 0 Å². The van der Waals surface area contributed by atoms with Crippen molar-refractivity contribution in [2.24, 2.45) is 11.3 Å². The van der Waals surface area contributed by atoms with Crippen molar-refractivity contribution in [3.63, 3.8) is 0 Å². The molecule has 1 saturated carbocycles. The standard InChI is InChI=1S/C28H29ClO8/c1-14-11-18(30)20-19(12-14)36-28(37-25(20)32)24(31)22(29)23(34-3)21-17(16-8-6-5-7-9-16)10-15(2)13-27(21,28)26(33)35-4/h10-12,21,30H,5-9,13H2,1-4H3/t21-,27-,28+/m1/s1. The minimum absolute atomic E-state index is 0.00962. The van der Waals surface area contributed by atoms with Crippen LogP contribution in [-0.2, 0) is 23.8 Å². The Morgan fingerprint density at radius 3 is 2.46 bits per heavy atom. The van der Waals surface area contributed by atoms with Crippen molar-refractivity contribution in [3.05, 3.63) is 56.8 Å². The first kappa shape index (κ1) is 25.4. The molecule has 0 amide bonds. The molecule has 1 aromatic rings. The largest absolute Gasteiger partial charge is 0.507 e. The lowest BCUT2D eigenvalue weighted by Gasteiger charge is -2.55. The highest BCUT2D eigenvalue weighted by atomic mass is 35.5. The van der Waals surface area contributed by atoms with Gasteiger partial charge in [0.1, 0.15) is 27.9 Å². The van der Waals surface area contributed by atoms with Gasteiger partial charge >= 0.3 is 17.7 Å². The van der Waals surface area contributed by atoms with Gasteiger partial charge < -0.3 is 24.1 Å². The van der Waals surface area contributed by atoms with Gasteiger partial charge in [-0.25, -0.2) is 4.79 Å². The van der Waals surface area contributed by atoms with E-state index in [4.69, 9.17) is 30.5 Å². The summed E-state index contributed by atoms with van der Waals surface area (Å²) in [6.07, 6.45) is 6.72. The summed E-state index contributed by atoms with van der Waals surface area (Å²) < 4.78 is 23.1. The summed E-state index contributed by atoms with van der Waals surface area (Å²) in [4.78, 5) is 41.5. The molecule has 1 spiro atoms. The van der Waals surface area contributed by atoms with Crippen LogP contribution in [0.25, 0.3) is 0 Å². The number of esters is 2. The summed E-state index contributed by atoms with van der Waals surface area (Å²) in [5.74, 6) is -6.42. The number of benzene rings is 1. The van der Waals surface area contributed by atoms with Gasteiger partial charge in [-0.05, 0) is 69.2 Å². The Hall–Kier alpha value is -3.26. The molecule has 3 atom stereocenters. The highest BCUT2D eigenvalue weighted by Crippen LogP contribution is 2.62. The number of methoxy groups -OCH3 is 2. The van der Waals surface area contributed by atoms with E-state index in [0.717, 1.165) is 48.8 Å². The van der Waals surface area contributed by atoms with E-state index in [2.05, 4.69) is 0 Å². The van der Waals surface area contributed by atoms with E-state index in [1.807, 2.05) is 13.0 Å². The molecule has 0 unspecified atom stereocenters. The number of phenolic OH excluding ortho intramolecular Hbond substituents is 1. The van der Waals surface area contributed by atoms with E-state index in [1.54, 1.807) is 6.92 Å². The Labute approximate surface area is 219 Å². The van der Waals surface area contributed by atoms with Crippen LogP contribution in [0.4, 0.5) is 0 Å². The van der Waals surface area contributed by atoms with Gasteiger partial charge in [0, 0.05) is 0 Å². The number of carbonyl (C=O) groups is 3. The van der Waals surface area contributed by atoms with Crippen LogP contribution in [0, 0.1) is 18.3 Å². The Morgan fingerprint density at radius 2 is 1.81 bits per heavy atom. The molecular formula is C28H29ClO8. The summed E-state index contributed by atoms with van der Waals surface area (Å²) in [6, 6.07) is 2.90. The maximum atomic E-state index is 14.1. The Bertz CT molecular complexity index is 1310. The molecular weight excluding hydrogens is 500 g/mol. The van der Waals surface area contributed by atoms with Crippen LogP contribution in [-0.4, -0.2) is 42.8 Å². The molecule has 8 nitrogen and oxygen atoms in total. The van der Waals surface area contributed by atoms with E-state index in [9.17, 15) is 19.5 Å². The van der Waals surface area contributed by atoms with Gasteiger partial charge in [0.2, 0.25) is 0 Å². The third-order valence-electron chi connectivity index (χ3n) is 7.88. The highest BCUT2D eigenvalue weighted by molar-refractivity contribution is 6.44. The molecule has 5 rings (SSSR count). The smallest absolute Gasteiger partial charge is 0.349 e. The van der Waals surface area contributed by atoms with Crippen LogP contribution < -0.4 is 4.74 Å².